The number of carbonyl (C=O) groups is 4. The van der Waals surface area contributed by atoms with Crippen LogP contribution in [0.1, 0.15) is 118 Å². The first kappa shape index (κ1) is 62.7. The number of nitrogens with two attached hydrogens (primary N) is 1. The van der Waals surface area contributed by atoms with Crippen LogP contribution in [0.4, 0.5) is 0 Å². The van der Waals surface area contributed by atoms with E-state index in [9.17, 15) is 29.4 Å². The van der Waals surface area contributed by atoms with Crippen LogP contribution in [0.25, 0.3) is 27.9 Å². The topological polar surface area (TPSA) is 247 Å². The first-order chi connectivity index (χ1) is 38.8. The third-order valence-corrected chi connectivity index (χ3v) is 15.4. The van der Waals surface area contributed by atoms with Gasteiger partial charge in [-0.2, -0.15) is 5.10 Å². The lowest BCUT2D eigenvalue weighted by Crippen LogP contribution is -2.46. The Kier molecular flexibility index (Phi) is 26.1. The van der Waals surface area contributed by atoms with Crippen LogP contribution in [0.3, 0.4) is 0 Å². The number of amides is 4. The van der Waals surface area contributed by atoms with E-state index in [1.165, 1.54) is 24.2 Å². The van der Waals surface area contributed by atoms with Gasteiger partial charge in [0.1, 0.15) is 0 Å². The van der Waals surface area contributed by atoms with E-state index in [1.54, 1.807) is 17.8 Å². The van der Waals surface area contributed by atoms with Crippen LogP contribution < -0.4 is 32.4 Å². The van der Waals surface area contributed by atoms with Gasteiger partial charge in [0.25, 0.3) is 0 Å². The number of carbonyl (C=O) groups excluding carboxylic acids is 4. The number of aryl methyl sites for hydroxylation is 1. The second-order valence-electron chi connectivity index (χ2n) is 20.6. The molecule has 5 aromatic rings. The van der Waals surface area contributed by atoms with Gasteiger partial charge in [0, 0.05) is 113 Å². The predicted molar refractivity (Wildman–Crippen MR) is 319 cm³/mol. The Morgan fingerprint density at radius 2 is 1.60 bits per heavy atom. The lowest BCUT2D eigenvalue weighted by atomic mass is 9.86. The minimum atomic E-state index is -0.969. The fraction of sp³-hybridized carbons (Fsp3) is 0.467. The molecule has 18 nitrogen and oxygen atoms in total. The Labute approximate surface area is 481 Å². The molecular weight excluding hydrogens is 1060 g/mol. The van der Waals surface area contributed by atoms with E-state index < -0.39 is 5.60 Å². The number of hydrogen-bond acceptors (Lipinski definition) is 12. The number of hydrazine groups is 1. The van der Waals surface area contributed by atoms with Crippen molar-refractivity contribution in [1.82, 2.24) is 51.3 Å². The van der Waals surface area contributed by atoms with Crippen molar-refractivity contribution in [2.24, 2.45) is 10.8 Å². The lowest BCUT2D eigenvalue weighted by molar-refractivity contribution is -0.135. The van der Waals surface area contributed by atoms with Crippen molar-refractivity contribution in [2.45, 2.75) is 128 Å². The summed E-state index contributed by atoms with van der Waals surface area (Å²) < 4.78 is 1.79. The van der Waals surface area contributed by atoms with Gasteiger partial charge in [0.05, 0.1) is 51.1 Å². The van der Waals surface area contributed by atoms with Gasteiger partial charge in [-0.05, 0) is 80.2 Å². The number of aliphatic hydroxyl groups excluding tert-OH is 1. The third-order valence-electron chi connectivity index (χ3n) is 14.6. The largest absolute Gasteiger partial charge is 0.396 e. The van der Waals surface area contributed by atoms with Gasteiger partial charge in [-0.1, -0.05) is 123 Å². The number of nitrogens with zero attached hydrogens (tertiary/aromatic N) is 5. The minimum absolute atomic E-state index is 0.0365. The number of likely N-dealkylation sites (tertiary alicyclic amines) is 1. The number of aliphatic imine (C=N–C) groups is 1. The molecule has 1 fully saturated rings. The summed E-state index contributed by atoms with van der Waals surface area (Å²) in [5.41, 5.74) is 8.25. The molecule has 0 spiro atoms. The highest BCUT2D eigenvalue weighted by Crippen LogP contribution is 2.41. The number of piperidine rings is 1. The number of halogens is 2. The number of rotatable bonds is 37. The molecule has 1 aliphatic heterocycles. The van der Waals surface area contributed by atoms with Crippen molar-refractivity contribution >= 4 is 70.8 Å². The molecule has 0 saturated carbocycles. The highest BCUT2D eigenvalue weighted by atomic mass is 35.5. The molecule has 4 amide bonds. The van der Waals surface area contributed by atoms with Crippen LogP contribution >= 0.6 is 23.2 Å². The summed E-state index contributed by atoms with van der Waals surface area (Å²) in [6.45, 7) is 8.66. The van der Waals surface area contributed by atoms with Crippen LogP contribution in [-0.4, -0.2) is 124 Å². The number of nitrogens with one attached hydrogen (secondary N) is 6. The number of H-pyrrole nitrogens is 1. The number of hydrogen-bond donors (Lipinski definition) is 9. The third kappa shape index (κ3) is 19.6. The monoisotopic (exact) mass is 1140 g/mol. The summed E-state index contributed by atoms with van der Waals surface area (Å²) in [7, 11) is 1.74. The molecule has 0 aliphatic carbocycles. The average Bonchev–Trinajstić information content (AvgIpc) is 4.14. The van der Waals surface area contributed by atoms with Crippen molar-refractivity contribution in [3.63, 3.8) is 0 Å². The molecule has 3 heterocycles. The quantitative estimate of drug-likeness (QED) is 0.00466. The first-order valence-corrected chi connectivity index (χ1v) is 28.9. The molecule has 20 heteroatoms. The van der Waals surface area contributed by atoms with E-state index in [-0.39, 0.29) is 18.4 Å². The second kappa shape index (κ2) is 33.3. The molecule has 0 bridgehead atoms. The number of benzene rings is 3. The maximum atomic E-state index is 13.0. The Hall–Kier alpha value is -6.54. The number of aromatic amines is 1. The number of unbranched alkanes of at least 4 members (excludes halogenated alkanes) is 7. The maximum Gasteiger partial charge on any atom is 0.222 e. The molecule has 0 atom stereocenters. The van der Waals surface area contributed by atoms with Gasteiger partial charge in [0.15, 0.2) is 0 Å². The van der Waals surface area contributed by atoms with Gasteiger partial charge in [0.2, 0.25) is 24.6 Å². The lowest BCUT2D eigenvalue weighted by Gasteiger charge is -2.38. The number of aromatic nitrogens is 3. The van der Waals surface area contributed by atoms with Crippen molar-refractivity contribution in [3.05, 3.63) is 129 Å². The van der Waals surface area contributed by atoms with Gasteiger partial charge in [-0.3, -0.25) is 23.9 Å². The van der Waals surface area contributed by atoms with Crippen molar-refractivity contribution in [2.75, 3.05) is 52.9 Å². The van der Waals surface area contributed by atoms with Gasteiger partial charge >= 0.3 is 0 Å². The smallest absolute Gasteiger partial charge is 0.222 e. The zero-order valence-electron chi connectivity index (χ0n) is 46.3. The molecule has 2 aromatic heterocycles. The Balaban J connectivity index is 0.812. The molecule has 0 radical (unpaired) electrons. The van der Waals surface area contributed by atoms with Crippen molar-refractivity contribution in [3.8, 4) is 11.3 Å². The average molecular weight is 1140 g/mol. The minimum Gasteiger partial charge on any atom is -0.396 e. The molecule has 80 heavy (non-hydrogen) atoms. The normalized spacial score (nSPS) is 13.6. The predicted octanol–water partition coefficient (Wildman–Crippen LogP) is 7.70. The Morgan fingerprint density at radius 1 is 0.875 bits per heavy atom. The van der Waals surface area contributed by atoms with Gasteiger partial charge in [-0.15, -0.1) is 0 Å². The Morgan fingerprint density at radius 3 is 2.30 bits per heavy atom. The highest BCUT2D eigenvalue weighted by molar-refractivity contribution is 6.45. The van der Waals surface area contributed by atoms with Crippen molar-refractivity contribution in [1.29, 1.82) is 0 Å². The van der Waals surface area contributed by atoms with Crippen LogP contribution in [-0.2, 0) is 51.5 Å². The molecule has 1 aliphatic rings. The fourth-order valence-electron chi connectivity index (χ4n) is 10.2. The summed E-state index contributed by atoms with van der Waals surface area (Å²) >= 11 is 13.2. The number of aliphatic hydroxyl groups is 2. The highest BCUT2D eigenvalue weighted by Gasteiger charge is 2.34. The van der Waals surface area contributed by atoms with Crippen LogP contribution in [0, 0.1) is 0 Å². The summed E-state index contributed by atoms with van der Waals surface area (Å²) in [6.07, 6.45) is 17.4. The van der Waals surface area contributed by atoms with E-state index in [0.29, 0.717) is 149 Å². The van der Waals surface area contributed by atoms with E-state index in [0.717, 1.165) is 89.7 Å². The van der Waals surface area contributed by atoms with Crippen LogP contribution in [0.15, 0.2) is 95.9 Å². The summed E-state index contributed by atoms with van der Waals surface area (Å²) in [6, 6.07) is 21.7. The van der Waals surface area contributed by atoms with E-state index >= 15 is 0 Å². The first-order valence-electron chi connectivity index (χ1n) is 28.1. The summed E-state index contributed by atoms with van der Waals surface area (Å²) in [5, 5.41) is 44.5. The van der Waals surface area contributed by atoms with E-state index in [2.05, 4.69) is 43.1 Å². The van der Waals surface area contributed by atoms with Crippen LogP contribution in [0.5, 0.6) is 0 Å². The zero-order chi connectivity index (χ0) is 57.1. The van der Waals surface area contributed by atoms with Gasteiger partial charge in [-0.25, -0.2) is 10.8 Å². The fourth-order valence-corrected chi connectivity index (χ4v) is 10.6. The zero-order valence-corrected chi connectivity index (χ0v) is 47.9. The second-order valence-corrected chi connectivity index (χ2v) is 21.4. The summed E-state index contributed by atoms with van der Waals surface area (Å²) in [4.78, 5) is 57.3. The Bertz CT molecular complexity index is 2820. The van der Waals surface area contributed by atoms with Crippen LogP contribution in [0.2, 0.25) is 10.0 Å². The molecule has 0 unspecified atom stereocenters. The molecular formula is C60H82Cl2N12O6. The maximum absolute atomic E-state index is 13.0. The van der Waals surface area contributed by atoms with Crippen molar-refractivity contribution < 1.29 is 29.4 Å². The molecule has 10 N–H and O–H groups in total. The standard InChI is InChI=1S/C60H82Cl2N12O6/c1-44(39-65-40-46-17-20-47(21-18-46)59(72(2)63)53(69-41-66-43-77)23-27-60(80)28-34-73(35-29-60)55(79)22-19-45-14-10-9-11-15-45)67-30-13-8-6-4-3-5-7-12-16-54(78)68-32-36-74-33-25-52(71-74)49-38-50(61)57(62)58-56(49)48(26-37-75)51(70-58)24-31-64-42-76/h9-11,14-15,17-18,20-21,25,33,38,41-43,65,67,70,75,80H,1,3-8,12-13,16,19,22-24,26-32,34-37,39-40,63H2,2H3,(H,64,76)(H,68,78)(H,66,69,77)/b59-53+. The molecule has 3 aromatic carbocycles. The summed E-state index contributed by atoms with van der Waals surface area (Å²) in [5.74, 6) is 6.54. The van der Waals surface area contributed by atoms with E-state index in [4.69, 9.17) is 34.1 Å². The molecule has 432 valence electrons. The SMILES string of the molecule is C=C(CNCc1ccc(/C(=C(/CCC2(O)CCN(C(=O)CCc3ccccc3)CC2)N=CNC=O)N(C)N)cc1)NCCCCCCCCCCC(=O)NCCn1ccc(-c2cc(Cl)c(Cl)c3[nH]c(CCNC=O)c(CCO)c23)n1. The van der Waals surface area contributed by atoms with E-state index in [1.807, 2.05) is 71.8 Å². The van der Waals surface area contributed by atoms with Gasteiger partial charge < -0.3 is 51.7 Å². The number of fused-ring (bicyclic) bond motifs is 1. The molecule has 6 rings (SSSR count). The number of allylic oxidation sites excluding steroid dienone is 1. The molecule has 1 saturated heterocycles.